The number of nitrogens with zero attached hydrogens (tertiary/aromatic N) is 2. The number of aromatic amines is 1. The number of imidazole rings is 1. The Balaban J connectivity index is 1.32. The van der Waals surface area contributed by atoms with Gasteiger partial charge in [-0.15, -0.1) is 0 Å². The van der Waals surface area contributed by atoms with Crippen LogP contribution in [0.25, 0.3) is 0 Å². The highest BCUT2D eigenvalue weighted by atomic mass is 16.6. The first kappa shape index (κ1) is 36.4. The van der Waals surface area contributed by atoms with Crippen molar-refractivity contribution in [2.45, 2.75) is 57.9 Å². The van der Waals surface area contributed by atoms with Gasteiger partial charge in [-0.25, -0.2) is 9.78 Å². The number of carbonyl (C=O) groups excluding carboxylic acids is 3. The third-order valence-electron chi connectivity index (χ3n) is 8.60. The van der Waals surface area contributed by atoms with Crippen molar-refractivity contribution in [1.82, 2.24) is 25.5 Å². The molecule has 5 rings (SSSR count). The van der Waals surface area contributed by atoms with Gasteiger partial charge in [0.05, 0.1) is 12.9 Å². The number of aromatic nitrogens is 2. The fourth-order valence-corrected chi connectivity index (χ4v) is 5.57. The molecule has 1 heterocycles. The maximum absolute atomic E-state index is 14.4. The van der Waals surface area contributed by atoms with Crippen LogP contribution in [0.2, 0.25) is 0 Å². The van der Waals surface area contributed by atoms with Crippen molar-refractivity contribution >= 4 is 17.9 Å². The van der Waals surface area contributed by atoms with E-state index in [1.54, 1.807) is 13.1 Å². The molecule has 1 aromatic heterocycles. The lowest BCUT2D eigenvalue weighted by Crippen LogP contribution is -2.52. The van der Waals surface area contributed by atoms with Crippen LogP contribution in [-0.4, -0.2) is 51.9 Å². The van der Waals surface area contributed by atoms with Crippen molar-refractivity contribution in [3.8, 4) is 5.75 Å². The zero-order valence-electron chi connectivity index (χ0n) is 29.3. The SMILES string of the molecule is CC(OC(=O)NC(Cc1cnc[nH]1)C(=O)N(CC(=O)NCC(C)(C)c1ccccc1)Cc1ccc(OCc2ccccc2)cc1)c1ccccc1. The molecule has 0 aliphatic heterocycles. The van der Waals surface area contributed by atoms with Crippen LogP contribution in [0.3, 0.4) is 0 Å². The molecule has 0 spiro atoms. The standard InChI is InChI=1S/C41H45N5O5/c1-30(33-15-9-5-10-16-33)51-40(49)45-37(23-35-24-42-29-44-35)39(48)46(26-38(47)43-28-41(2,3)34-17-11-6-12-18-34)25-31-19-21-36(22-20-31)50-27-32-13-7-4-8-14-32/h4-22,24,29-30,37H,23,25-28H2,1-3H3,(H,42,44)(H,43,47)(H,45,49). The van der Waals surface area contributed by atoms with Crippen LogP contribution in [-0.2, 0) is 39.3 Å². The van der Waals surface area contributed by atoms with Crippen LogP contribution in [0.5, 0.6) is 5.75 Å². The summed E-state index contributed by atoms with van der Waals surface area (Å²) in [5, 5.41) is 5.79. The Morgan fingerprint density at radius 1 is 0.843 bits per heavy atom. The minimum atomic E-state index is -1.05. The summed E-state index contributed by atoms with van der Waals surface area (Å²) in [6, 6.07) is 35.5. The molecule has 0 saturated carbocycles. The normalized spacial score (nSPS) is 12.3. The quantitative estimate of drug-likeness (QED) is 0.109. The Labute approximate surface area is 299 Å². The molecule has 4 aromatic carbocycles. The topological polar surface area (TPSA) is 126 Å². The van der Waals surface area contributed by atoms with Crippen LogP contribution in [0.4, 0.5) is 4.79 Å². The van der Waals surface area contributed by atoms with Gasteiger partial charge >= 0.3 is 6.09 Å². The summed E-state index contributed by atoms with van der Waals surface area (Å²) in [5.41, 5.74) is 4.03. The molecule has 5 aromatic rings. The van der Waals surface area contributed by atoms with Crippen LogP contribution in [0.15, 0.2) is 128 Å². The minimum absolute atomic E-state index is 0.110. The van der Waals surface area contributed by atoms with Gasteiger partial charge < -0.3 is 30.0 Å². The highest BCUT2D eigenvalue weighted by Crippen LogP contribution is 2.22. The first-order chi connectivity index (χ1) is 24.7. The van der Waals surface area contributed by atoms with Gasteiger partial charge in [0.2, 0.25) is 11.8 Å². The molecule has 0 radical (unpaired) electrons. The number of carbonyl (C=O) groups is 3. The van der Waals surface area contributed by atoms with Crippen molar-refractivity contribution in [1.29, 1.82) is 0 Å². The fourth-order valence-electron chi connectivity index (χ4n) is 5.57. The Kier molecular flexibility index (Phi) is 12.6. The van der Waals surface area contributed by atoms with Gasteiger partial charge in [-0.3, -0.25) is 9.59 Å². The third-order valence-corrected chi connectivity index (χ3v) is 8.60. The van der Waals surface area contributed by atoms with Gasteiger partial charge in [0, 0.05) is 36.8 Å². The lowest BCUT2D eigenvalue weighted by molar-refractivity contribution is -0.138. The van der Waals surface area contributed by atoms with E-state index in [-0.39, 0.29) is 30.8 Å². The molecule has 3 amide bonds. The van der Waals surface area contributed by atoms with Crippen molar-refractivity contribution in [3.05, 3.63) is 156 Å². The van der Waals surface area contributed by atoms with E-state index in [0.29, 0.717) is 24.6 Å². The summed E-state index contributed by atoms with van der Waals surface area (Å²) < 4.78 is 11.6. The van der Waals surface area contributed by atoms with Gasteiger partial charge in [0.1, 0.15) is 24.5 Å². The van der Waals surface area contributed by atoms with Crippen LogP contribution in [0, 0.1) is 0 Å². The summed E-state index contributed by atoms with van der Waals surface area (Å²) in [5.74, 6) is -0.0954. The van der Waals surface area contributed by atoms with E-state index in [2.05, 4.69) is 34.4 Å². The Bertz CT molecular complexity index is 1820. The minimum Gasteiger partial charge on any atom is -0.489 e. The van der Waals surface area contributed by atoms with Gasteiger partial charge in [-0.2, -0.15) is 0 Å². The van der Waals surface area contributed by atoms with Crippen LogP contribution < -0.4 is 15.4 Å². The molecule has 0 fully saturated rings. The largest absolute Gasteiger partial charge is 0.489 e. The average Bonchev–Trinajstić information content (AvgIpc) is 3.67. The van der Waals surface area contributed by atoms with Crippen molar-refractivity contribution in [2.24, 2.45) is 0 Å². The Hall–Kier alpha value is -5.90. The maximum Gasteiger partial charge on any atom is 0.408 e. The summed E-state index contributed by atoms with van der Waals surface area (Å²) in [4.78, 5) is 49.6. The molecule has 3 N–H and O–H groups in total. The van der Waals surface area contributed by atoms with Gasteiger partial charge in [0.25, 0.3) is 0 Å². The number of benzene rings is 4. The molecule has 10 nitrogen and oxygen atoms in total. The number of hydrogen-bond acceptors (Lipinski definition) is 6. The summed E-state index contributed by atoms with van der Waals surface area (Å²) in [7, 11) is 0. The van der Waals surface area contributed by atoms with Gasteiger partial charge in [-0.1, -0.05) is 117 Å². The smallest absolute Gasteiger partial charge is 0.408 e. The number of amides is 3. The second kappa shape index (κ2) is 17.7. The second-order valence-electron chi connectivity index (χ2n) is 13.1. The third kappa shape index (κ3) is 11.1. The molecule has 2 atom stereocenters. The molecule has 0 saturated heterocycles. The lowest BCUT2D eigenvalue weighted by Gasteiger charge is -2.29. The van der Waals surface area contributed by atoms with Crippen LogP contribution in [0.1, 0.15) is 54.8 Å². The van der Waals surface area contributed by atoms with E-state index in [4.69, 9.17) is 9.47 Å². The number of ether oxygens (including phenoxy) is 2. The first-order valence-electron chi connectivity index (χ1n) is 17.0. The number of rotatable bonds is 16. The molecular weight excluding hydrogens is 642 g/mol. The summed E-state index contributed by atoms with van der Waals surface area (Å²) in [6.07, 6.45) is 1.91. The van der Waals surface area contributed by atoms with Crippen molar-refractivity contribution in [3.63, 3.8) is 0 Å². The molecule has 10 heteroatoms. The Morgan fingerprint density at radius 2 is 1.49 bits per heavy atom. The van der Waals surface area contributed by atoms with E-state index in [0.717, 1.165) is 22.3 Å². The second-order valence-corrected chi connectivity index (χ2v) is 13.1. The van der Waals surface area contributed by atoms with Gasteiger partial charge in [0.15, 0.2) is 0 Å². The van der Waals surface area contributed by atoms with Crippen molar-refractivity contribution < 1.29 is 23.9 Å². The monoisotopic (exact) mass is 687 g/mol. The Morgan fingerprint density at radius 3 is 2.14 bits per heavy atom. The van der Waals surface area contributed by atoms with E-state index in [1.165, 1.54) is 11.2 Å². The zero-order chi connectivity index (χ0) is 36.1. The molecule has 2 unspecified atom stereocenters. The zero-order valence-corrected chi connectivity index (χ0v) is 29.3. The predicted molar refractivity (Wildman–Crippen MR) is 196 cm³/mol. The molecule has 264 valence electrons. The van der Waals surface area contributed by atoms with E-state index in [9.17, 15) is 14.4 Å². The molecular formula is C41H45N5O5. The summed E-state index contributed by atoms with van der Waals surface area (Å²) >= 11 is 0. The summed E-state index contributed by atoms with van der Waals surface area (Å²) in [6.45, 7) is 6.55. The number of alkyl carbamates (subject to hydrolysis) is 1. The number of nitrogens with one attached hydrogen (secondary N) is 3. The highest BCUT2D eigenvalue weighted by molar-refractivity contribution is 5.89. The van der Waals surface area contributed by atoms with Crippen LogP contribution >= 0.6 is 0 Å². The fraction of sp³-hybridized carbons (Fsp3) is 0.268. The number of hydrogen-bond donors (Lipinski definition) is 3. The predicted octanol–water partition coefficient (Wildman–Crippen LogP) is 6.51. The average molecular weight is 688 g/mol. The first-order valence-corrected chi connectivity index (χ1v) is 17.0. The van der Waals surface area contributed by atoms with E-state index < -0.39 is 24.1 Å². The van der Waals surface area contributed by atoms with E-state index >= 15 is 0 Å². The maximum atomic E-state index is 14.4. The van der Waals surface area contributed by atoms with Gasteiger partial charge in [-0.05, 0) is 41.3 Å². The van der Waals surface area contributed by atoms with E-state index in [1.807, 2.05) is 115 Å². The lowest BCUT2D eigenvalue weighted by atomic mass is 9.84. The molecule has 0 bridgehead atoms. The molecule has 0 aliphatic carbocycles. The highest BCUT2D eigenvalue weighted by Gasteiger charge is 2.30. The molecule has 51 heavy (non-hydrogen) atoms. The number of H-pyrrole nitrogens is 1. The molecule has 0 aliphatic rings. The van der Waals surface area contributed by atoms with Crippen molar-refractivity contribution in [2.75, 3.05) is 13.1 Å².